The summed E-state index contributed by atoms with van der Waals surface area (Å²) < 4.78 is 31.9. The van der Waals surface area contributed by atoms with Crippen LogP contribution in [-0.4, -0.2) is 47.9 Å². The number of nitrogens with one attached hydrogen (secondary N) is 3. The minimum absolute atomic E-state index is 0.0310. The third-order valence-corrected chi connectivity index (χ3v) is 8.80. The maximum absolute atomic E-state index is 12.9. The molecule has 4 rings (SSSR count). The molecule has 0 spiro atoms. The maximum Gasteiger partial charge on any atom is 0.229 e. The third kappa shape index (κ3) is 6.19. The number of rotatable bonds is 9. The van der Waals surface area contributed by atoms with Crippen molar-refractivity contribution in [2.24, 2.45) is 0 Å². The van der Waals surface area contributed by atoms with Gasteiger partial charge in [-0.3, -0.25) is 0 Å². The van der Waals surface area contributed by atoms with Crippen molar-refractivity contribution in [3.05, 3.63) is 53.7 Å². The van der Waals surface area contributed by atoms with E-state index in [1.165, 1.54) is 17.8 Å². The molecule has 9 nitrogen and oxygen atoms in total. The van der Waals surface area contributed by atoms with Crippen LogP contribution in [0.4, 0.5) is 23.1 Å². The van der Waals surface area contributed by atoms with Crippen molar-refractivity contribution in [3.8, 4) is 11.5 Å². The summed E-state index contributed by atoms with van der Waals surface area (Å²) in [6, 6.07) is 10.7. The Bertz CT molecular complexity index is 1390. The number of aromatic nitrogens is 2. The minimum Gasteiger partial charge on any atom is -0.503 e. The highest BCUT2D eigenvalue weighted by Gasteiger charge is 2.24. The molecule has 0 saturated carbocycles. The average Bonchev–Trinajstić information content (AvgIpc) is 2.88. The van der Waals surface area contributed by atoms with Gasteiger partial charge in [-0.2, -0.15) is 4.98 Å². The van der Waals surface area contributed by atoms with E-state index in [0.717, 1.165) is 31.5 Å². The Hall–Kier alpha value is -3.37. The number of aromatic hydroxyl groups is 1. The molecule has 1 aliphatic heterocycles. The van der Waals surface area contributed by atoms with E-state index < -0.39 is 15.1 Å². The van der Waals surface area contributed by atoms with Gasteiger partial charge >= 0.3 is 0 Å². The van der Waals surface area contributed by atoms with Crippen LogP contribution in [0.5, 0.6) is 11.5 Å². The molecule has 1 saturated heterocycles. The van der Waals surface area contributed by atoms with E-state index in [1.54, 1.807) is 32.0 Å². The first kappa shape index (κ1) is 27.7. The molecule has 2 aromatic carbocycles. The summed E-state index contributed by atoms with van der Waals surface area (Å²) in [4.78, 5) is 8.83. The molecule has 38 heavy (non-hydrogen) atoms. The van der Waals surface area contributed by atoms with Crippen LogP contribution in [0.2, 0.25) is 0 Å². The molecule has 4 N–H and O–H groups in total. The standard InChI is InChI=1S/C28H37N5O4S/c1-17(2)37-25-15-21(20-10-12-29-13-11-20)19(5)14-23(25)32-28-30-16-24(34)27(33-28)31-22-8-6-7-9-26(22)38(35,36)18(3)4/h6-9,14-18,20,29,34H,10-13H2,1-5H3,(H2,30,31,32,33). The third-order valence-electron chi connectivity index (χ3n) is 6.59. The zero-order chi connectivity index (χ0) is 27.4. The van der Waals surface area contributed by atoms with E-state index in [-0.39, 0.29) is 28.5 Å². The summed E-state index contributed by atoms with van der Waals surface area (Å²) >= 11 is 0. The lowest BCUT2D eigenvalue weighted by Crippen LogP contribution is -2.27. The van der Waals surface area contributed by atoms with Crippen LogP contribution in [0.25, 0.3) is 0 Å². The molecule has 204 valence electrons. The van der Waals surface area contributed by atoms with Gasteiger partial charge in [0.25, 0.3) is 0 Å². The van der Waals surface area contributed by atoms with Gasteiger partial charge in [-0.05, 0) is 102 Å². The predicted octanol–water partition coefficient (Wildman–Crippen LogP) is 5.41. The zero-order valence-electron chi connectivity index (χ0n) is 22.6. The van der Waals surface area contributed by atoms with Crippen molar-refractivity contribution in [2.75, 3.05) is 23.7 Å². The predicted molar refractivity (Wildman–Crippen MR) is 151 cm³/mol. The number of nitrogens with zero attached hydrogens (tertiary/aromatic N) is 2. The Balaban J connectivity index is 1.66. The molecule has 0 aliphatic carbocycles. The van der Waals surface area contributed by atoms with Crippen molar-refractivity contribution in [1.82, 2.24) is 15.3 Å². The van der Waals surface area contributed by atoms with Gasteiger partial charge in [0, 0.05) is 0 Å². The molecule has 1 aliphatic rings. The van der Waals surface area contributed by atoms with Crippen LogP contribution in [-0.2, 0) is 9.84 Å². The summed E-state index contributed by atoms with van der Waals surface area (Å²) in [6.07, 6.45) is 3.41. The number of benzene rings is 2. The number of ether oxygens (including phenoxy) is 1. The number of piperidine rings is 1. The summed E-state index contributed by atoms with van der Waals surface area (Å²) in [6.45, 7) is 11.3. The SMILES string of the molecule is Cc1cc(Nc2ncc(O)c(Nc3ccccc3S(=O)(=O)C(C)C)n2)c(OC(C)C)cc1C1CCNCC1. The first-order valence-corrected chi connectivity index (χ1v) is 14.6. The molecule has 3 aromatic rings. The van der Waals surface area contributed by atoms with Crippen molar-refractivity contribution in [1.29, 1.82) is 0 Å². The van der Waals surface area contributed by atoms with Crippen molar-refractivity contribution < 1.29 is 18.3 Å². The number of aryl methyl sites for hydroxylation is 1. The number of sulfone groups is 1. The van der Waals surface area contributed by atoms with Crippen LogP contribution in [0.1, 0.15) is 57.6 Å². The maximum atomic E-state index is 12.9. The van der Waals surface area contributed by atoms with Gasteiger partial charge in [0.1, 0.15) is 5.75 Å². The highest BCUT2D eigenvalue weighted by molar-refractivity contribution is 7.92. The van der Waals surface area contributed by atoms with Crippen LogP contribution in [0.15, 0.2) is 47.5 Å². The molecular weight excluding hydrogens is 502 g/mol. The molecule has 1 fully saturated rings. The summed E-state index contributed by atoms with van der Waals surface area (Å²) in [5.74, 6) is 1.30. The molecule has 0 radical (unpaired) electrons. The molecule has 1 aromatic heterocycles. The topological polar surface area (TPSA) is 125 Å². The Morgan fingerprint density at radius 3 is 2.45 bits per heavy atom. The highest BCUT2D eigenvalue weighted by atomic mass is 32.2. The molecule has 2 heterocycles. The van der Waals surface area contributed by atoms with E-state index in [1.807, 2.05) is 19.9 Å². The van der Waals surface area contributed by atoms with Gasteiger partial charge in [-0.1, -0.05) is 12.1 Å². The Morgan fingerprint density at radius 1 is 1.05 bits per heavy atom. The van der Waals surface area contributed by atoms with E-state index in [0.29, 0.717) is 23.0 Å². The lowest BCUT2D eigenvalue weighted by molar-refractivity contribution is 0.243. The van der Waals surface area contributed by atoms with Crippen LogP contribution in [0, 0.1) is 6.92 Å². The highest BCUT2D eigenvalue weighted by Crippen LogP contribution is 2.38. The molecule has 10 heteroatoms. The Morgan fingerprint density at radius 2 is 1.76 bits per heavy atom. The first-order valence-electron chi connectivity index (χ1n) is 13.0. The normalized spacial score (nSPS) is 14.6. The fourth-order valence-electron chi connectivity index (χ4n) is 4.57. The zero-order valence-corrected chi connectivity index (χ0v) is 23.4. The van der Waals surface area contributed by atoms with Gasteiger partial charge in [0.05, 0.1) is 33.8 Å². The van der Waals surface area contributed by atoms with Crippen molar-refractivity contribution >= 4 is 33.0 Å². The van der Waals surface area contributed by atoms with E-state index in [9.17, 15) is 13.5 Å². The van der Waals surface area contributed by atoms with Crippen molar-refractivity contribution in [3.63, 3.8) is 0 Å². The fraction of sp³-hybridized carbons (Fsp3) is 0.429. The second kappa shape index (κ2) is 11.6. The van der Waals surface area contributed by atoms with Gasteiger partial charge in [0.2, 0.25) is 5.95 Å². The van der Waals surface area contributed by atoms with E-state index >= 15 is 0 Å². The monoisotopic (exact) mass is 539 g/mol. The fourth-order valence-corrected chi connectivity index (χ4v) is 5.78. The number of hydrogen-bond acceptors (Lipinski definition) is 9. The van der Waals surface area contributed by atoms with E-state index in [4.69, 9.17) is 4.74 Å². The Labute approximate surface area is 225 Å². The molecule has 0 unspecified atom stereocenters. The molecular formula is C28H37N5O4S. The summed E-state index contributed by atoms with van der Waals surface area (Å²) in [7, 11) is -3.56. The smallest absolute Gasteiger partial charge is 0.229 e. The quantitative estimate of drug-likeness (QED) is 0.282. The molecule has 0 atom stereocenters. The van der Waals surface area contributed by atoms with Gasteiger partial charge < -0.3 is 25.8 Å². The van der Waals surface area contributed by atoms with Crippen LogP contribution in [0.3, 0.4) is 0 Å². The van der Waals surface area contributed by atoms with Gasteiger partial charge in [-0.25, -0.2) is 13.4 Å². The number of hydrogen-bond donors (Lipinski definition) is 4. The first-order chi connectivity index (χ1) is 18.1. The molecule has 0 amide bonds. The van der Waals surface area contributed by atoms with E-state index in [2.05, 4.69) is 38.9 Å². The van der Waals surface area contributed by atoms with Crippen LogP contribution >= 0.6 is 0 Å². The Kier molecular flexibility index (Phi) is 8.42. The van der Waals surface area contributed by atoms with Gasteiger partial charge in [-0.15, -0.1) is 0 Å². The second-order valence-corrected chi connectivity index (χ2v) is 12.6. The summed E-state index contributed by atoms with van der Waals surface area (Å²) in [5.41, 5.74) is 3.48. The lowest BCUT2D eigenvalue weighted by atomic mass is 9.87. The molecule has 0 bridgehead atoms. The number of anilines is 4. The van der Waals surface area contributed by atoms with Gasteiger partial charge in [0.15, 0.2) is 21.4 Å². The minimum atomic E-state index is -3.56. The largest absolute Gasteiger partial charge is 0.503 e. The lowest BCUT2D eigenvalue weighted by Gasteiger charge is -2.26. The number of para-hydroxylation sites is 1. The second-order valence-electron chi connectivity index (χ2n) is 10.2. The average molecular weight is 540 g/mol. The van der Waals surface area contributed by atoms with Crippen LogP contribution < -0.4 is 20.7 Å². The summed E-state index contributed by atoms with van der Waals surface area (Å²) in [5, 5.41) is 19.5. The van der Waals surface area contributed by atoms with Crippen molar-refractivity contribution in [2.45, 2.75) is 69.6 Å².